The molecule has 1 amide bonds. The number of likely N-dealkylation sites (N-methyl/N-ethyl adjacent to an activating group) is 1. The van der Waals surface area contributed by atoms with E-state index in [0.29, 0.717) is 12.8 Å². The largest absolute Gasteiger partial charge is 0.481 e. The number of pyridine rings is 1. The fourth-order valence-corrected chi connectivity index (χ4v) is 3.26. The van der Waals surface area contributed by atoms with Crippen LogP contribution in [0.15, 0.2) is 29.4 Å². The minimum Gasteiger partial charge on any atom is -0.481 e. The second-order valence-electron chi connectivity index (χ2n) is 5.52. The number of sulfonamides is 1. The van der Waals surface area contributed by atoms with Gasteiger partial charge in [0.25, 0.3) is 0 Å². The van der Waals surface area contributed by atoms with Gasteiger partial charge in [-0.05, 0) is 25.0 Å². The molecule has 134 valence electrons. The van der Waals surface area contributed by atoms with E-state index in [9.17, 15) is 23.1 Å². The van der Waals surface area contributed by atoms with Crippen LogP contribution in [0.2, 0.25) is 0 Å². The lowest BCUT2D eigenvalue weighted by Crippen LogP contribution is -2.45. The number of carboxylic acids is 1. The third kappa shape index (κ3) is 4.51. The van der Waals surface area contributed by atoms with Gasteiger partial charge in [-0.15, -0.1) is 0 Å². The summed E-state index contributed by atoms with van der Waals surface area (Å²) in [5.74, 6) is -1.54. The van der Waals surface area contributed by atoms with Crippen LogP contribution in [0.3, 0.4) is 0 Å². The number of aliphatic carboxylic acids is 1. The maximum absolute atomic E-state index is 12.3. The molecule has 0 bridgehead atoms. The number of carbonyl (C=O) groups is 2. The number of aromatic nitrogens is 1. The minimum absolute atomic E-state index is 0.0118. The van der Waals surface area contributed by atoms with Crippen molar-refractivity contribution in [1.82, 2.24) is 14.6 Å². The van der Waals surface area contributed by atoms with Gasteiger partial charge in [-0.3, -0.25) is 14.6 Å². The maximum atomic E-state index is 12.3. The zero-order valence-electron chi connectivity index (χ0n) is 14.0. The molecule has 0 unspecified atom stereocenters. The molecule has 1 rings (SSSR count). The molecule has 2 N–H and O–H groups in total. The summed E-state index contributed by atoms with van der Waals surface area (Å²) in [7, 11) is -2.54. The molecule has 0 spiro atoms. The van der Waals surface area contributed by atoms with Crippen LogP contribution in [0.4, 0.5) is 0 Å². The summed E-state index contributed by atoms with van der Waals surface area (Å²) in [6.07, 6.45) is 3.38. The van der Waals surface area contributed by atoms with E-state index in [0.717, 1.165) is 4.31 Å². The first-order valence-corrected chi connectivity index (χ1v) is 9.00. The van der Waals surface area contributed by atoms with E-state index >= 15 is 0 Å². The molecule has 0 saturated carbocycles. The Hall–Kier alpha value is -2.00. The number of hydrogen-bond acceptors (Lipinski definition) is 5. The first-order chi connectivity index (χ1) is 11.2. The fraction of sp³-hybridized carbons (Fsp3) is 0.533. The number of nitrogens with one attached hydrogen (secondary N) is 1. The van der Waals surface area contributed by atoms with Crippen molar-refractivity contribution >= 4 is 21.9 Å². The van der Waals surface area contributed by atoms with Gasteiger partial charge in [0, 0.05) is 26.0 Å². The van der Waals surface area contributed by atoms with E-state index in [4.69, 9.17) is 0 Å². The van der Waals surface area contributed by atoms with Gasteiger partial charge >= 0.3 is 5.97 Å². The van der Waals surface area contributed by atoms with Crippen molar-refractivity contribution in [1.29, 1.82) is 0 Å². The number of amides is 1. The van der Waals surface area contributed by atoms with E-state index < -0.39 is 33.9 Å². The fourth-order valence-electron chi connectivity index (χ4n) is 2.17. The maximum Gasteiger partial charge on any atom is 0.311 e. The standard InChI is InChI=1S/C15H23N3O5S/c1-4-15(5-2,14(20)21)11-17-13(19)10-18(3)24(22,23)12-7-6-8-16-9-12/h6-9H,4-5,10-11H2,1-3H3,(H,17,19)(H,20,21). The Morgan fingerprint density at radius 3 is 2.42 bits per heavy atom. The molecule has 0 atom stereocenters. The molecule has 24 heavy (non-hydrogen) atoms. The van der Waals surface area contributed by atoms with Crippen LogP contribution in [0.5, 0.6) is 0 Å². The number of nitrogens with zero attached hydrogens (tertiary/aromatic N) is 2. The SMILES string of the molecule is CCC(CC)(CNC(=O)CN(C)S(=O)(=O)c1cccnc1)C(=O)O. The molecule has 0 fully saturated rings. The van der Waals surface area contributed by atoms with Gasteiger partial charge in [0.15, 0.2) is 0 Å². The number of carboxylic acid groups (broad SMARTS) is 1. The Morgan fingerprint density at radius 1 is 1.33 bits per heavy atom. The van der Waals surface area contributed by atoms with Crippen LogP contribution in [0.1, 0.15) is 26.7 Å². The first kappa shape index (κ1) is 20.0. The summed E-state index contributed by atoms with van der Waals surface area (Å²) < 4.78 is 25.5. The molecule has 0 radical (unpaired) electrons. The molecule has 1 aromatic rings. The van der Waals surface area contributed by atoms with E-state index in [1.54, 1.807) is 13.8 Å². The Balaban J connectivity index is 2.73. The molecular formula is C15H23N3O5S. The molecule has 0 aliphatic carbocycles. The Morgan fingerprint density at radius 2 is 1.96 bits per heavy atom. The van der Waals surface area contributed by atoms with Gasteiger partial charge in [0.1, 0.15) is 4.90 Å². The molecule has 0 aliphatic rings. The summed E-state index contributed by atoms with van der Waals surface area (Å²) >= 11 is 0. The molecule has 0 saturated heterocycles. The molecule has 9 heteroatoms. The minimum atomic E-state index is -3.82. The smallest absolute Gasteiger partial charge is 0.311 e. The van der Waals surface area contributed by atoms with Gasteiger partial charge in [0.05, 0.1) is 12.0 Å². The average Bonchev–Trinajstić information content (AvgIpc) is 2.56. The highest BCUT2D eigenvalue weighted by Gasteiger charge is 2.35. The van der Waals surface area contributed by atoms with Crippen molar-refractivity contribution in [3.8, 4) is 0 Å². The van der Waals surface area contributed by atoms with Crippen LogP contribution >= 0.6 is 0 Å². The van der Waals surface area contributed by atoms with Crippen molar-refractivity contribution < 1.29 is 23.1 Å². The average molecular weight is 357 g/mol. The second kappa shape index (κ2) is 8.20. The highest BCUT2D eigenvalue weighted by molar-refractivity contribution is 7.89. The number of carbonyl (C=O) groups excluding carboxylic acids is 1. The third-order valence-corrected chi connectivity index (χ3v) is 5.93. The molecular weight excluding hydrogens is 334 g/mol. The zero-order chi connectivity index (χ0) is 18.4. The summed E-state index contributed by atoms with van der Waals surface area (Å²) in [6, 6.07) is 2.88. The molecule has 1 aromatic heterocycles. The zero-order valence-corrected chi connectivity index (χ0v) is 14.8. The monoisotopic (exact) mass is 357 g/mol. The van der Waals surface area contributed by atoms with Crippen LogP contribution in [0, 0.1) is 5.41 Å². The molecule has 1 heterocycles. The van der Waals surface area contributed by atoms with Gasteiger partial charge < -0.3 is 10.4 Å². The molecule has 0 aromatic carbocycles. The lowest BCUT2D eigenvalue weighted by Gasteiger charge is -2.27. The van der Waals surface area contributed by atoms with E-state index in [1.807, 2.05) is 0 Å². The summed E-state index contributed by atoms with van der Waals surface area (Å²) in [5, 5.41) is 11.9. The summed E-state index contributed by atoms with van der Waals surface area (Å²) in [5.41, 5.74) is -1.05. The Labute approximate surface area is 141 Å². The van der Waals surface area contributed by atoms with Crippen LogP contribution in [0.25, 0.3) is 0 Å². The normalized spacial score (nSPS) is 12.2. The van der Waals surface area contributed by atoms with Gasteiger partial charge in [0.2, 0.25) is 15.9 Å². The van der Waals surface area contributed by atoms with Crippen LogP contribution < -0.4 is 5.32 Å². The highest BCUT2D eigenvalue weighted by Crippen LogP contribution is 2.25. The van der Waals surface area contributed by atoms with E-state index in [1.165, 1.54) is 31.6 Å². The van der Waals surface area contributed by atoms with Crippen molar-refractivity contribution in [3.63, 3.8) is 0 Å². The van der Waals surface area contributed by atoms with Crippen molar-refractivity contribution in [2.75, 3.05) is 20.1 Å². The van der Waals surface area contributed by atoms with E-state index in [-0.39, 0.29) is 11.4 Å². The first-order valence-electron chi connectivity index (χ1n) is 7.56. The summed E-state index contributed by atoms with van der Waals surface area (Å²) in [4.78, 5) is 27.1. The molecule has 8 nitrogen and oxygen atoms in total. The Bertz CT molecular complexity index is 672. The quantitative estimate of drug-likeness (QED) is 0.672. The van der Waals surface area contributed by atoms with Gasteiger partial charge in [-0.1, -0.05) is 13.8 Å². The topological polar surface area (TPSA) is 117 Å². The van der Waals surface area contributed by atoms with E-state index in [2.05, 4.69) is 10.3 Å². The number of hydrogen-bond donors (Lipinski definition) is 2. The lowest BCUT2D eigenvalue weighted by molar-refractivity contribution is -0.149. The predicted molar refractivity (Wildman–Crippen MR) is 87.7 cm³/mol. The van der Waals surface area contributed by atoms with Crippen molar-refractivity contribution in [3.05, 3.63) is 24.5 Å². The van der Waals surface area contributed by atoms with Crippen molar-refractivity contribution in [2.24, 2.45) is 5.41 Å². The van der Waals surface area contributed by atoms with Crippen LogP contribution in [-0.4, -0.2) is 54.8 Å². The van der Waals surface area contributed by atoms with Gasteiger partial charge in [-0.2, -0.15) is 4.31 Å². The van der Waals surface area contributed by atoms with Crippen molar-refractivity contribution in [2.45, 2.75) is 31.6 Å². The lowest BCUT2D eigenvalue weighted by atomic mass is 9.82. The summed E-state index contributed by atoms with van der Waals surface area (Å²) in [6.45, 7) is 3.03. The Kier molecular flexibility index (Phi) is 6.85. The predicted octanol–water partition coefficient (Wildman–Crippen LogP) is 0.709. The number of rotatable bonds is 9. The second-order valence-corrected chi connectivity index (χ2v) is 7.56. The highest BCUT2D eigenvalue weighted by atomic mass is 32.2. The third-order valence-electron chi connectivity index (χ3n) is 4.14. The van der Waals surface area contributed by atoms with Gasteiger partial charge in [-0.25, -0.2) is 8.42 Å². The molecule has 0 aliphatic heterocycles. The van der Waals surface area contributed by atoms with Crippen LogP contribution in [-0.2, 0) is 19.6 Å².